The van der Waals surface area contributed by atoms with Gasteiger partial charge in [0.2, 0.25) is 5.91 Å². The number of rotatable bonds is 4. The Morgan fingerprint density at radius 1 is 1.24 bits per heavy atom. The van der Waals surface area contributed by atoms with Gasteiger partial charge in [-0.15, -0.1) is 0 Å². The van der Waals surface area contributed by atoms with E-state index in [1.807, 2.05) is 30.3 Å². The van der Waals surface area contributed by atoms with Crippen LogP contribution in [-0.2, 0) is 4.79 Å². The molecule has 0 unspecified atom stereocenters. The monoisotopic (exact) mass is 304 g/mol. The fourth-order valence-electron chi connectivity index (χ4n) is 1.90. The quantitative estimate of drug-likeness (QED) is 0.685. The number of amides is 1. The van der Waals surface area contributed by atoms with Crippen LogP contribution in [0.3, 0.4) is 0 Å². The molecule has 1 amide bonds. The van der Waals surface area contributed by atoms with Crippen LogP contribution in [0.2, 0.25) is 5.02 Å². The van der Waals surface area contributed by atoms with Crippen LogP contribution >= 0.6 is 11.6 Å². The molecule has 0 aliphatic heterocycles. The summed E-state index contributed by atoms with van der Waals surface area (Å²) in [6.07, 6.45) is 0. The average molecular weight is 305 g/mol. The lowest BCUT2D eigenvalue weighted by Crippen LogP contribution is -2.19. The van der Waals surface area contributed by atoms with Gasteiger partial charge in [-0.25, -0.2) is 0 Å². The Morgan fingerprint density at radius 3 is 2.52 bits per heavy atom. The van der Waals surface area contributed by atoms with E-state index in [-0.39, 0.29) is 22.3 Å². The Hall–Kier alpha value is -2.40. The lowest BCUT2D eigenvalue weighted by Gasteiger charge is -2.12. The van der Waals surface area contributed by atoms with E-state index in [9.17, 15) is 14.9 Å². The van der Waals surface area contributed by atoms with Crippen molar-refractivity contribution in [2.75, 3.05) is 5.32 Å². The minimum absolute atomic E-state index is 0.136. The van der Waals surface area contributed by atoms with Crippen molar-refractivity contribution in [3.05, 3.63) is 69.2 Å². The number of nitro benzene ring substituents is 1. The Balaban J connectivity index is 2.22. The van der Waals surface area contributed by atoms with E-state index in [4.69, 9.17) is 11.6 Å². The summed E-state index contributed by atoms with van der Waals surface area (Å²) in [6, 6.07) is 13.3. The third-order valence-electron chi connectivity index (χ3n) is 3.11. The van der Waals surface area contributed by atoms with Gasteiger partial charge in [0.15, 0.2) is 0 Å². The Kier molecular flexibility index (Phi) is 4.55. The molecule has 0 aliphatic rings. The van der Waals surface area contributed by atoms with E-state index in [1.165, 1.54) is 18.2 Å². The van der Waals surface area contributed by atoms with Crippen molar-refractivity contribution >= 4 is 28.9 Å². The molecule has 1 N–H and O–H groups in total. The molecular weight excluding hydrogens is 292 g/mol. The van der Waals surface area contributed by atoms with Crippen LogP contribution in [0, 0.1) is 10.1 Å². The van der Waals surface area contributed by atoms with E-state index in [1.54, 1.807) is 6.92 Å². The normalized spacial score (nSPS) is 11.7. The number of nitrogens with zero attached hydrogens (tertiary/aromatic N) is 1. The molecule has 0 spiro atoms. The molecule has 2 aromatic rings. The van der Waals surface area contributed by atoms with Crippen molar-refractivity contribution in [1.82, 2.24) is 0 Å². The van der Waals surface area contributed by atoms with Crippen molar-refractivity contribution < 1.29 is 9.72 Å². The second-order valence-electron chi connectivity index (χ2n) is 4.54. The van der Waals surface area contributed by atoms with Crippen molar-refractivity contribution in [3.63, 3.8) is 0 Å². The highest BCUT2D eigenvalue weighted by Gasteiger charge is 2.20. The van der Waals surface area contributed by atoms with Gasteiger partial charge in [0, 0.05) is 11.1 Å². The number of hydrogen-bond donors (Lipinski definition) is 1. The average Bonchev–Trinajstić information content (AvgIpc) is 2.49. The molecule has 5 nitrogen and oxygen atoms in total. The van der Waals surface area contributed by atoms with Gasteiger partial charge in [-0.3, -0.25) is 14.9 Å². The van der Waals surface area contributed by atoms with Gasteiger partial charge >= 0.3 is 0 Å². The summed E-state index contributed by atoms with van der Waals surface area (Å²) >= 11 is 5.74. The Bertz CT molecular complexity index is 674. The van der Waals surface area contributed by atoms with Gasteiger partial charge < -0.3 is 5.32 Å². The zero-order valence-corrected chi connectivity index (χ0v) is 12.0. The first-order chi connectivity index (χ1) is 9.99. The maximum Gasteiger partial charge on any atom is 0.294 e. The summed E-state index contributed by atoms with van der Waals surface area (Å²) in [5.74, 6) is -0.729. The van der Waals surface area contributed by atoms with Gasteiger partial charge in [0.25, 0.3) is 5.69 Å². The predicted molar refractivity (Wildman–Crippen MR) is 81.6 cm³/mol. The molecule has 0 radical (unpaired) electrons. The first-order valence-electron chi connectivity index (χ1n) is 6.29. The smallest absolute Gasteiger partial charge is 0.294 e. The van der Waals surface area contributed by atoms with E-state index < -0.39 is 10.8 Å². The SMILES string of the molecule is C[C@@H](C(=O)Nc1ccc(Cl)cc1[N+](=O)[O-])c1ccccc1. The minimum Gasteiger partial charge on any atom is -0.320 e. The molecule has 0 saturated heterocycles. The van der Waals surface area contributed by atoms with E-state index in [0.717, 1.165) is 5.56 Å². The number of anilines is 1. The summed E-state index contributed by atoms with van der Waals surface area (Å²) in [5, 5.41) is 13.8. The highest BCUT2D eigenvalue weighted by molar-refractivity contribution is 6.31. The number of halogens is 1. The molecule has 108 valence electrons. The molecule has 0 aromatic heterocycles. The molecule has 2 aromatic carbocycles. The van der Waals surface area contributed by atoms with E-state index in [0.29, 0.717) is 0 Å². The van der Waals surface area contributed by atoms with Gasteiger partial charge in [0.1, 0.15) is 5.69 Å². The molecule has 1 atom stereocenters. The van der Waals surface area contributed by atoms with E-state index >= 15 is 0 Å². The topological polar surface area (TPSA) is 72.2 Å². The van der Waals surface area contributed by atoms with Crippen molar-refractivity contribution in [1.29, 1.82) is 0 Å². The molecule has 0 aliphatic carbocycles. The van der Waals surface area contributed by atoms with Crippen molar-refractivity contribution in [3.8, 4) is 0 Å². The first-order valence-corrected chi connectivity index (χ1v) is 6.66. The lowest BCUT2D eigenvalue weighted by atomic mass is 10.0. The Labute approximate surface area is 126 Å². The van der Waals surface area contributed by atoms with Crippen LogP contribution in [0.4, 0.5) is 11.4 Å². The molecule has 2 rings (SSSR count). The summed E-state index contributed by atoms with van der Waals surface area (Å²) in [5.41, 5.74) is 0.750. The Morgan fingerprint density at radius 2 is 1.90 bits per heavy atom. The fraction of sp³-hybridized carbons (Fsp3) is 0.133. The second-order valence-corrected chi connectivity index (χ2v) is 4.98. The van der Waals surface area contributed by atoms with Crippen LogP contribution in [0.5, 0.6) is 0 Å². The molecule has 0 bridgehead atoms. The number of benzene rings is 2. The zero-order valence-electron chi connectivity index (χ0n) is 11.2. The molecule has 21 heavy (non-hydrogen) atoms. The summed E-state index contributed by atoms with van der Waals surface area (Å²) in [7, 11) is 0. The molecular formula is C15H13ClN2O3. The number of carbonyl (C=O) groups is 1. The summed E-state index contributed by atoms with van der Waals surface area (Å²) < 4.78 is 0. The number of nitro groups is 1. The zero-order chi connectivity index (χ0) is 15.4. The molecule has 0 heterocycles. The summed E-state index contributed by atoms with van der Waals surface area (Å²) in [4.78, 5) is 22.6. The number of carbonyl (C=O) groups excluding carboxylic acids is 1. The number of nitrogens with one attached hydrogen (secondary N) is 1. The van der Waals surface area contributed by atoms with Crippen LogP contribution in [-0.4, -0.2) is 10.8 Å². The third-order valence-corrected chi connectivity index (χ3v) is 3.34. The van der Waals surface area contributed by atoms with Gasteiger partial charge in [0.05, 0.1) is 10.8 Å². The van der Waals surface area contributed by atoms with Crippen LogP contribution in [0.15, 0.2) is 48.5 Å². The van der Waals surface area contributed by atoms with Crippen LogP contribution in [0.1, 0.15) is 18.4 Å². The summed E-state index contributed by atoms with van der Waals surface area (Å²) in [6.45, 7) is 1.74. The molecule has 6 heteroatoms. The van der Waals surface area contributed by atoms with Crippen molar-refractivity contribution in [2.24, 2.45) is 0 Å². The molecule has 0 saturated carbocycles. The highest BCUT2D eigenvalue weighted by Crippen LogP contribution is 2.29. The number of hydrogen-bond acceptors (Lipinski definition) is 3. The minimum atomic E-state index is -0.575. The fourth-order valence-corrected chi connectivity index (χ4v) is 2.06. The predicted octanol–water partition coefficient (Wildman–Crippen LogP) is 3.99. The molecule has 0 fully saturated rings. The standard InChI is InChI=1S/C15H13ClN2O3/c1-10(11-5-3-2-4-6-11)15(19)17-13-8-7-12(16)9-14(13)18(20)21/h2-10H,1H3,(H,17,19)/t10-/m1/s1. The van der Waals surface area contributed by atoms with Crippen LogP contribution < -0.4 is 5.32 Å². The third kappa shape index (κ3) is 3.58. The van der Waals surface area contributed by atoms with Crippen molar-refractivity contribution in [2.45, 2.75) is 12.8 Å². The van der Waals surface area contributed by atoms with Gasteiger partial charge in [-0.1, -0.05) is 41.9 Å². The van der Waals surface area contributed by atoms with Gasteiger partial charge in [-0.05, 0) is 24.6 Å². The second kappa shape index (κ2) is 6.37. The maximum absolute atomic E-state index is 12.2. The maximum atomic E-state index is 12.2. The lowest BCUT2D eigenvalue weighted by molar-refractivity contribution is -0.383. The largest absolute Gasteiger partial charge is 0.320 e. The van der Waals surface area contributed by atoms with E-state index in [2.05, 4.69) is 5.32 Å². The highest BCUT2D eigenvalue weighted by atomic mass is 35.5. The first kappa shape index (κ1) is 15.0. The van der Waals surface area contributed by atoms with Gasteiger partial charge in [-0.2, -0.15) is 0 Å². The van der Waals surface area contributed by atoms with Crippen LogP contribution in [0.25, 0.3) is 0 Å².